The Bertz CT molecular complexity index is 650. The van der Waals surface area contributed by atoms with Crippen LogP contribution in [0.25, 0.3) is 0 Å². The van der Waals surface area contributed by atoms with Gasteiger partial charge in [0, 0.05) is 6.42 Å². The molecule has 1 N–H and O–H groups in total. The summed E-state index contributed by atoms with van der Waals surface area (Å²) in [6.45, 7) is 6.73. The van der Waals surface area contributed by atoms with Gasteiger partial charge in [0.1, 0.15) is 12.4 Å². The zero-order valence-electron chi connectivity index (χ0n) is 14.1. The summed E-state index contributed by atoms with van der Waals surface area (Å²) in [6.07, 6.45) is 0.143. The lowest BCUT2D eigenvalue weighted by molar-refractivity contribution is -0.134. The summed E-state index contributed by atoms with van der Waals surface area (Å²) >= 11 is 0. The number of carbonyl (C=O) groups is 3. The minimum absolute atomic E-state index is 0.0320. The van der Waals surface area contributed by atoms with Crippen LogP contribution in [0, 0.1) is 0 Å². The molecule has 0 saturated carbocycles. The van der Waals surface area contributed by atoms with Crippen molar-refractivity contribution in [3.05, 3.63) is 41.7 Å². The van der Waals surface area contributed by atoms with Crippen molar-refractivity contribution in [2.24, 2.45) is 0 Å². The Labute approximate surface area is 144 Å². The smallest absolute Gasteiger partial charge is 0.339 e. The van der Waals surface area contributed by atoms with Gasteiger partial charge in [0.25, 0.3) is 0 Å². The third-order valence-electron chi connectivity index (χ3n) is 2.81. The lowest BCUT2D eigenvalue weighted by Gasteiger charge is -2.10. The Morgan fingerprint density at radius 2 is 1.84 bits per heavy atom. The zero-order valence-corrected chi connectivity index (χ0v) is 14.1. The first-order valence-corrected chi connectivity index (χ1v) is 7.46. The average molecular weight is 352 g/mol. The van der Waals surface area contributed by atoms with E-state index in [1.165, 1.54) is 12.1 Å². The summed E-state index contributed by atoms with van der Waals surface area (Å²) in [5.74, 6) is -2.12. The molecule has 0 aromatic heterocycles. The van der Waals surface area contributed by atoms with E-state index in [2.05, 4.69) is 6.58 Å². The first-order chi connectivity index (χ1) is 11.8. The van der Waals surface area contributed by atoms with Crippen molar-refractivity contribution in [2.75, 3.05) is 20.0 Å². The molecule has 0 aliphatic heterocycles. The van der Waals surface area contributed by atoms with Crippen molar-refractivity contribution in [1.29, 1.82) is 0 Å². The van der Waals surface area contributed by atoms with Crippen LogP contribution in [0.1, 0.15) is 41.0 Å². The topological polar surface area (TPSA) is 108 Å². The highest BCUT2D eigenvalue weighted by Crippen LogP contribution is 2.20. The van der Waals surface area contributed by atoms with Crippen molar-refractivity contribution in [1.82, 2.24) is 0 Å². The summed E-state index contributed by atoms with van der Waals surface area (Å²) in [4.78, 5) is 34.6. The number of rotatable bonds is 10. The second-order valence-electron chi connectivity index (χ2n) is 4.85. The van der Waals surface area contributed by atoms with E-state index in [4.69, 9.17) is 24.1 Å². The summed E-state index contributed by atoms with van der Waals surface area (Å²) < 4.78 is 20.0. The predicted octanol–water partition coefficient (Wildman–Crippen LogP) is 2.38. The minimum atomic E-state index is -1.30. The molecular weight excluding hydrogens is 332 g/mol. The second-order valence-corrected chi connectivity index (χ2v) is 4.85. The Morgan fingerprint density at radius 3 is 2.44 bits per heavy atom. The molecule has 0 aliphatic carbocycles. The van der Waals surface area contributed by atoms with E-state index in [0.717, 1.165) is 6.07 Å². The first-order valence-electron chi connectivity index (χ1n) is 7.46. The SMILES string of the molecule is C=C(C)OCOCCOC(=O)c1cc(OC(=O)CC)ccc1C(=O)O. The molecule has 8 nitrogen and oxygen atoms in total. The number of hydrogen-bond acceptors (Lipinski definition) is 7. The molecule has 0 aliphatic rings. The number of hydrogen-bond donors (Lipinski definition) is 1. The lowest BCUT2D eigenvalue weighted by atomic mass is 10.1. The quantitative estimate of drug-likeness (QED) is 0.225. The summed E-state index contributed by atoms with van der Waals surface area (Å²) in [7, 11) is 0. The van der Waals surface area contributed by atoms with Gasteiger partial charge in [-0.1, -0.05) is 13.5 Å². The normalized spacial score (nSPS) is 10.0. The summed E-state index contributed by atoms with van der Waals surface area (Å²) in [5, 5.41) is 9.16. The molecule has 0 bridgehead atoms. The number of carboxylic acids is 1. The second kappa shape index (κ2) is 10.1. The zero-order chi connectivity index (χ0) is 18.8. The van der Waals surface area contributed by atoms with Crippen molar-refractivity contribution in [3.63, 3.8) is 0 Å². The van der Waals surface area contributed by atoms with Gasteiger partial charge in [0.2, 0.25) is 0 Å². The largest absolute Gasteiger partial charge is 0.478 e. The van der Waals surface area contributed by atoms with Gasteiger partial charge in [0.05, 0.1) is 23.5 Å². The van der Waals surface area contributed by atoms with Crippen molar-refractivity contribution in [2.45, 2.75) is 20.3 Å². The van der Waals surface area contributed by atoms with E-state index in [1.54, 1.807) is 13.8 Å². The van der Waals surface area contributed by atoms with Crippen molar-refractivity contribution in [3.8, 4) is 5.75 Å². The fourth-order valence-corrected chi connectivity index (χ4v) is 1.62. The van der Waals surface area contributed by atoms with Crippen LogP contribution < -0.4 is 4.74 Å². The Balaban J connectivity index is 2.70. The van der Waals surface area contributed by atoms with E-state index in [0.29, 0.717) is 5.76 Å². The summed E-state index contributed by atoms with van der Waals surface area (Å²) in [5.41, 5.74) is -0.472. The molecule has 0 unspecified atom stereocenters. The highest BCUT2D eigenvalue weighted by molar-refractivity contribution is 6.02. The van der Waals surface area contributed by atoms with E-state index in [1.807, 2.05) is 0 Å². The summed E-state index contributed by atoms with van der Waals surface area (Å²) in [6, 6.07) is 3.63. The van der Waals surface area contributed by atoms with E-state index in [9.17, 15) is 14.4 Å². The number of allylic oxidation sites excluding steroid dienone is 1. The van der Waals surface area contributed by atoms with Gasteiger partial charge in [-0.3, -0.25) is 4.79 Å². The number of benzene rings is 1. The monoisotopic (exact) mass is 352 g/mol. The molecule has 1 aromatic carbocycles. The number of ether oxygens (including phenoxy) is 4. The maximum absolute atomic E-state index is 12.1. The Hall–Kier alpha value is -2.87. The molecule has 0 saturated heterocycles. The maximum atomic E-state index is 12.1. The molecule has 0 atom stereocenters. The van der Waals surface area contributed by atoms with Gasteiger partial charge in [-0.05, 0) is 25.1 Å². The number of carbonyl (C=O) groups excluding carboxylic acids is 2. The van der Waals surface area contributed by atoms with Crippen LogP contribution in [-0.4, -0.2) is 43.0 Å². The fourth-order valence-electron chi connectivity index (χ4n) is 1.62. The minimum Gasteiger partial charge on any atom is -0.478 e. The molecule has 0 radical (unpaired) electrons. The van der Waals surface area contributed by atoms with Gasteiger partial charge >= 0.3 is 17.9 Å². The third kappa shape index (κ3) is 7.05. The molecule has 136 valence electrons. The molecule has 25 heavy (non-hydrogen) atoms. The van der Waals surface area contributed by atoms with Crippen molar-refractivity contribution >= 4 is 17.9 Å². The van der Waals surface area contributed by atoms with Crippen LogP contribution in [0.15, 0.2) is 30.5 Å². The molecule has 0 heterocycles. The highest BCUT2D eigenvalue weighted by atomic mass is 16.7. The van der Waals surface area contributed by atoms with Crippen LogP contribution >= 0.6 is 0 Å². The number of aromatic carboxylic acids is 1. The molecular formula is C17H20O8. The van der Waals surface area contributed by atoms with E-state index >= 15 is 0 Å². The Morgan fingerprint density at radius 1 is 1.12 bits per heavy atom. The van der Waals surface area contributed by atoms with Crippen LogP contribution in [0.3, 0.4) is 0 Å². The van der Waals surface area contributed by atoms with Gasteiger partial charge < -0.3 is 24.1 Å². The molecule has 8 heteroatoms. The predicted molar refractivity (Wildman–Crippen MR) is 86.3 cm³/mol. The maximum Gasteiger partial charge on any atom is 0.339 e. The van der Waals surface area contributed by atoms with Crippen LogP contribution in [0.5, 0.6) is 5.75 Å². The fraction of sp³-hybridized carbons (Fsp3) is 0.353. The van der Waals surface area contributed by atoms with Gasteiger partial charge in [0.15, 0.2) is 6.79 Å². The van der Waals surface area contributed by atoms with Gasteiger partial charge in [-0.15, -0.1) is 0 Å². The number of esters is 2. The standard InChI is InChI=1S/C17H20O8/c1-4-15(18)25-12-5-6-13(16(19)20)14(9-12)17(21)23-8-7-22-10-24-11(2)3/h5-6,9H,2,4,7-8,10H2,1,3H3,(H,19,20). The van der Waals surface area contributed by atoms with Gasteiger partial charge in [-0.2, -0.15) is 0 Å². The van der Waals surface area contributed by atoms with Crippen molar-refractivity contribution < 1.29 is 38.4 Å². The average Bonchev–Trinajstić information content (AvgIpc) is 2.57. The number of carboxylic acid groups (broad SMARTS) is 1. The molecule has 0 fully saturated rings. The Kier molecular flexibility index (Phi) is 8.14. The van der Waals surface area contributed by atoms with Crippen LogP contribution in [-0.2, 0) is 19.0 Å². The molecule has 0 amide bonds. The molecule has 1 rings (SSSR count). The third-order valence-corrected chi connectivity index (χ3v) is 2.81. The van der Waals surface area contributed by atoms with Crippen LogP contribution in [0.2, 0.25) is 0 Å². The first kappa shape index (κ1) is 20.2. The lowest BCUT2D eigenvalue weighted by Crippen LogP contribution is -2.16. The van der Waals surface area contributed by atoms with E-state index < -0.39 is 17.9 Å². The molecule has 0 spiro atoms. The van der Waals surface area contributed by atoms with Crippen LogP contribution in [0.4, 0.5) is 0 Å². The molecule has 1 aromatic rings. The van der Waals surface area contributed by atoms with E-state index in [-0.39, 0.29) is 43.3 Å². The van der Waals surface area contributed by atoms with Gasteiger partial charge in [-0.25, -0.2) is 9.59 Å². The highest BCUT2D eigenvalue weighted by Gasteiger charge is 2.19.